The third kappa shape index (κ3) is 45.5. The van der Waals surface area contributed by atoms with Gasteiger partial charge >= 0.3 is 17.9 Å². The first-order valence-electron chi connectivity index (χ1n) is 24.1. The summed E-state index contributed by atoms with van der Waals surface area (Å²) < 4.78 is 16.6. The van der Waals surface area contributed by atoms with Crippen LogP contribution in [0.4, 0.5) is 0 Å². The fraction of sp³-hybridized carbons (Fsp3) is 0.679. The van der Waals surface area contributed by atoms with Crippen LogP contribution in [0.2, 0.25) is 0 Å². The molecule has 0 aromatic heterocycles. The van der Waals surface area contributed by atoms with Gasteiger partial charge in [-0.25, -0.2) is 0 Å². The van der Waals surface area contributed by atoms with Crippen molar-refractivity contribution in [3.8, 4) is 0 Å². The lowest BCUT2D eigenvalue weighted by Gasteiger charge is -2.18. The fourth-order valence-corrected chi connectivity index (χ4v) is 6.28. The number of carbonyl (C=O) groups is 3. The lowest BCUT2D eigenvalue weighted by atomic mass is 10.1. The summed E-state index contributed by atoms with van der Waals surface area (Å²) in [6.45, 7) is 6.40. The van der Waals surface area contributed by atoms with Crippen LogP contribution in [0, 0.1) is 0 Å². The van der Waals surface area contributed by atoms with Gasteiger partial charge in [0.1, 0.15) is 13.2 Å². The summed E-state index contributed by atoms with van der Waals surface area (Å²) in [4.78, 5) is 37.7. The van der Waals surface area contributed by atoms with Crippen molar-refractivity contribution in [1.29, 1.82) is 0 Å². The van der Waals surface area contributed by atoms with Gasteiger partial charge in [-0.2, -0.15) is 0 Å². The second-order valence-electron chi connectivity index (χ2n) is 15.6. The molecule has 0 saturated heterocycles. The largest absolute Gasteiger partial charge is 0.462 e. The van der Waals surface area contributed by atoms with Crippen LogP contribution in [0.5, 0.6) is 0 Å². The monoisotopic (exact) mass is 821 g/mol. The molecule has 0 aromatic carbocycles. The van der Waals surface area contributed by atoms with Gasteiger partial charge in [0.15, 0.2) is 6.10 Å². The number of unbranched alkanes of at least 4 members (excludes halogenated alkanes) is 17. The topological polar surface area (TPSA) is 78.9 Å². The summed E-state index contributed by atoms with van der Waals surface area (Å²) in [5.41, 5.74) is 0. The number of allylic oxidation sites excluding steroid dienone is 14. The number of hydrogen-bond acceptors (Lipinski definition) is 6. The number of esters is 3. The average molecular weight is 821 g/mol. The molecule has 336 valence electrons. The van der Waals surface area contributed by atoms with Crippen molar-refractivity contribution in [1.82, 2.24) is 0 Å². The van der Waals surface area contributed by atoms with Crippen molar-refractivity contribution in [3.63, 3.8) is 0 Å². The van der Waals surface area contributed by atoms with Crippen LogP contribution in [-0.4, -0.2) is 37.2 Å². The Balaban J connectivity index is 4.46. The molecule has 59 heavy (non-hydrogen) atoms. The lowest BCUT2D eigenvalue weighted by Crippen LogP contribution is -2.30. The third-order valence-electron chi connectivity index (χ3n) is 9.90. The standard InChI is InChI=1S/C53H88O6/c1-4-7-10-13-16-19-21-23-24-25-26-27-28-30-31-34-37-40-43-46-52(55)58-49-50(48-57-51(54)45-42-39-36-33-18-15-12-9-6-3)59-53(56)47-44-41-38-35-32-29-22-20-17-14-11-8-5-2/h7,10,16,19,23-24,26-27,29-32,38,41,50H,4-6,8-9,11-15,17-18,20-22,25,28,33-37,39-40,42-49H2,1-3H3/b10-7-,19-16-,24-23-,27-26-,31-30-,32-29-,41-38-. The van der Waals surface area contributed by atoms with E-state index in [1.807, 2.05) is 6.08 Å². The minimum absolute atomic E-state index is 0.109. The smallest absolute Gasteiger partial charge is 0.306 e. The summed E-state index contributed by atoms with van der Waals surface area (Å²) in [6.07, 6.45) is 60.1. The highest BCUT2D eigenvalue weighted by atomic mass is 16.6. The van der Waals surface area contributed by atoms with E-state index in [0.29, 0.717) is 19.3 Å². The Morgan fingerprint density at radius 3 is 1.12 bits per heavy atom. The molecule has 0 aliphatic carbocycles. The summed E-state index contributed by atoms with van der Waals surface area (Å²) in [7, 11) is 0. The molecule has 0 bridgehead atoms. The maximum Gasteiger partial charge on any atom is 0.306 e. The molecule has 0 N–H and O–H groups in total. The lowest BCUT2D eigenvalue weighted by molar-refractivity contribution is -0.166. The number of rotatable bonds is 42. The predicted octanol–water partition coefficient (Wildman–Crippen LogP) is 15.6. The quantitative estimate of drug-likeness (QED) is 0.0264. The summed E-state index contributed by atoms with van der Waals surface area (Å²) in [5.74, 6) is -1.02. The summed E-state index contributed by atoms with van der Waals surface area (Å²) in [5, 5.41) is 0. The predicted molar refractivity (Wildman–Crippen MR) is 251 cm³/mol. The van der Waals surface area contributed by atoms with Gasteiger partial charge in [-0.3, -0.25) is 14.4 Å². The summed E-state index contributed by atoms with van der Waals surface area (Å²) >= 11 is 0. The van der Waals surface area contributed by atoms with Crippen LogP contribution in [0.15, 0.2) is 85.1 Å². The molecule has 6 nitrogen and oxygen atoms in total. The van der Waals surface area contributed by atoms with Crippen molar-refractivity contribution in [2.24, 2.45) is 0 Å². The number of carbonyl (C=O) groups excluding carboxylic acids is 3. The first kappa shape index (κ1) is 55.6. The molecule has 0 radical (unpaired) electrons. The van der Waals surface area contributed by atoms with Crippen molar-refractivity contribution in [2.75, 3.05) is 13.2 Å². The van der Waals surface area contributed by atoms with Crippen molar-refractivity contribution in [3.05, 3.63) is 85.1 Å². The fourth-order valence-electron chi connectivity index (χ4n) is 6.28. The van der Waals surface area contributed by atoms with Gasteiger partial charge in [0.2, 0.25) is 0 Å². The van der Waals surface area contributed by atoms with Gasteiger partial charge in [0.25, 0.3) is 0 Å². The zero-order valence-electron chi connectivity index (χ0n) is 38.2. The van der Waals surface area contributed by atoms with E-state index < -0.39 is 6.10 Å². The molecule has 0 heterocycles. The first-order chi connectivity index (χ1) is 29.0. The molecule has 0 rings (SSSR count). The molecule has 1 atom stereocenters. The van der Waals surface area contributed by atoms with Crippen LogP contribution >= 0.6 is 0 Å². The molecule has 0 amide bonds. The Bertz CT molecular complexity index is 1170. The molecular weight excluding hydrogens is 733 g/mol. The molecular formula is C53H88O6. The van der Waals surface area contributed by atoms with Gasteiger partial charge in [-0.1, -0.05) is 196 Å². The maximum absolute atomic E-state index is 12.7. The molecule has 0 aliphatic rings. The minimum atomic E-state index is -0.817. The van der Waals surface area contributed by atoms with E-state index in [1.165, 1.54) is 77.0 Å². The molecule has 0 fully saturated rings. The molecule has 0 aliphatic heterocycles. The highest BCUT2D eigenvalue weighted by Gasteiger charge is 2.19. The summed E-state index contributed by atoms with van der Waals surface area (Å²) in [6, 6.07) is 0. The Kier molecular flexibility index (Phi) is 44.5. The van der Waals surface area contributed by atoms with Crippen molar-refractivity contribution < 1.29 is 28.6 Å². The second-order valence-corrected chi connectivity index (χ2v) is 15.6. The van der Waals surface area contributed by atoms with Crippen LogP contribution in [0.25, 0.3) is 0 Å². The van der Waals surface area contributed by atoms with Crippen LogP contribution in [0.1, 0.15) is 213 Å². The zero-order chi connectivity index (χ0) is 43.0. The number of hydrogen-bond donors (Lipinski definition) is 0. The molecule has 0 spiro atoms. The van der Waals surface area contributed by atoms with Crippen molar-refractivity contribution in [2.45, 2.75) is 219 Å². The van der Waals surface area contributed by atoms with E-state index in [9.17, 15) is 14.4 Å². The van der Waals surface area contributed by atoms with Gasteiger partial charge < -0.3 is 14.2 Å². The first-order valence-corrected chi connectivity index (χ1v) is 24.1. The van der Waals surface area contributed by atoms with E-state index in [-0.39, 0.29) is 37.5 Å². The van der Waals surface area contributed by atoms with E-state index in [2.05, 4.69) is 99.8 Å². The Morgan fingerprint density at radius 1 is 0.356 bits per heavy atom. The average Bonchev–Trinajstić information content (AvgIpc) is 3.23. The van der Waals surface area contributed by atoms with Crippen LogP contribution in [-0.2, 0) is 28.6 Å². The molecule has 1 unspecified atom stereocenters. The van der Waals surface area contributed by atoms with E-state index >= 15 is 0 Å². The van der Waals surface area contributed by atoms with E-state index in [4.69, 9.17) is 14.2 Å². The van der Waals surface area contributed by atoms with E-state index in [0.717, 1.165) is 89.9 Å². The third-order valence-corrected chi connectivity index (χ3v) is 9.90. The Morgan fingerprint density at radius 2 is 0.695 bits per heavy atom. The van der Waals surface area contributed by atoms with Gasteiger partial charge in [-0.15, -0.1) is 0 Å². The van der Waals surface area contributed by atoms with E-state index in [1.54, 1.807) is 0 Å². The molecule has 6 heteroatoms. The van der Waals surface area contributed by atoms with Crippen molar-refractivity contribution >= 4 is 17.9 Å². The maximum atomic E-state index is 12.7. The molecule has 0 saturated carbocycles. The number of ether oxygens (including phenoxy) is 3. The van der Waals surface area contributed by atoms with Gasteiger partial charge in [0, 0.05) is 19.3 Å². The Hall–Kier alpha value is -3.41. The van der Waals surface area contributed by atoms with Gasteiger partial charge in [-0.05, 0) is 83.5 Å². The van der Waals surface area contributed by atoms with Crippen LogP contribution < -0.4 is 0 Å². The van der Waals surface area contributed by atoms with Crippen LogP contribution in [0.3, 0.4) is 0 Å². The molecule has 0 aromatic rings. The van der Waals surface area contributed by atoms with Gasteiger partial charge in [0.05, 0.1) is 0 Å². The minimum Gasteiger partial charge on any atom is -0.462 e. The second kappa shape index (κ2) is 47.3. The highest BCUT2D eigenvalue weighted by molar-refractivity contribution is 5.71. The normalized spacial score (nSPS) is 12.8. The highest BCUT2D eigenvalue weighted by Crippen LogP contribution is 2.12. The Labute approximate surface area is 363 Å². The SMILES string of the molecule is CC/C=C\C/C=C\C/C=C\C/C=C\C/C=C\CCCCCC(=O)OCC(COC(=O)CCCCCCCCCCC)OC(=O)CC/C=C\C/C=C\CCCCCCCC. The zero-order valence-corrected chi connectivity index (χ0v) is 38.2.